The van der Waals surface area contributed by atoms with Gasteiger partial charge in [-0.15, -0.1) is 11.3 Å². The molecule has 0 saturated carbocycles. The third-order valence-electron chi connectivity index (χ3n) is 5.17. The largest absolute Gasteiger partial charge is 0.363 e. The molecule has 7 nitrogen and oxygen atoms in total. The predicted octanol–water partition coefficient (Wildman–Crippen LogP) is 3.74. The van der Waals surface area contributed by atoms with Crippen LogP contribution in [0.25, 0.3) is 0 Å². The molecule has 2 aromatic rings. The minimum absolute atomic E-state index is 0.157. The highest BCUT2D eigenvalue weighted by atomic mass is 32.1. The van der Waals surface area contributed by atoms with Gasteiger partial charge in [0.1, 0.15) is 4.88 Å². The zero-order valence-corrected chi connectivity index (χ0v) is 19.0. The molecule has 1 aliphatic heterocycles. The number of thiophene rings is 1. The summed E-state index contributed by atoms with van der Waals surface area (Å²) in [6.45, 7) is 2.20. The van der Waals surface area contributed by atoms with Crippen molar-refractivity contribution in [2.75, 3.05) is 34.2 Å². The lowest BCUT2D eigenvalue weighted by Crippen LogP contribution is -2.28. The number of carbonyl (C=O) groups is 2. The van der Waals surface area contributed by atoms with Gasteiger partial charge in [0.05, 0.1) is 28.5 Å². The maximum absolute atomic E-state index is 13.3. The number of likely N-dealkylation sites (tertiary alicyclic amines) is 1. The van der Waals surface area contributed by atoms with Gasteiger partial charge in [0.15, 0.2) is 0 Å². The molecule has 0 N–H and O–H groups in total. The van der Waals surface area contributed by atoms with E-state index in [1.165, 1.54) is 11.3 Å². The van der Waals surface area contributed by atoms with Gasteiger partial charge in [0.25, 0.3) is 11.8 Å². The minimum Gasteiger partial charge on any atom is -0.363 e. The van der Waals surface area contributed by atoms with Crippen molar-refractivity contribution in [2.24, 2.45) is 4.99 Å². The van der Waals surface area contributed by atoms with Crippen LogP contribution in [0.4, 0.5) is 5.69 Å². The summed E-state index contributed by atoms with van der Waals surface area (Å²) >= 11 is 1.16. The molecule has 31 heavy (non-hydrogen) atoms. The minimum atomic E-state index is -0.221. The number of benzene rings is 1. The van der Waals surface area contributed by atoms with Gasteiger partial charge < -0.3 is 14.7 Å². The molecule has 1 saturated heterocycles. The molecule has 1 aromatic carbocycles. The van der Waals surface area contributed by atoms with Crippen LogP contribution in [0.1, 0.15) is 49.7 Å². The average Bonchev–Trinajstić information content (AvgIpc) is 3.21. The Morgan fingerprint density at radius 1 is 1.16 bits per heavy atom. The smallest absolute Gasteiger partial charge is 0.266 e. The topological polar surface area (TPSA) is 80.0 Å². The van der Waals surface area contributed by atoms with Crippen molar-refractivity contribution in [3.8, 4) is 6.07 Å². The lowest BCUT2D eigenvalue weighted by atomic mass is 10.1. The van der Waals surface area contributed by atoms with Crippen molar-refractivity contribution in [1.29, 1.82) is 5.26 Å². The van der Waals surface area contributed by atoms with E-state index in [-0.39, 0.29) is 11.8 Å². The highest BCUT2D eigenvalue weighted by Crippen LogP contribution is 2.32. The van der Waals surface area contributed by atoms with Gasteiger partial charge in [-0.3, -0.25) is 9.59 Å². The Morgan fingerprint density at radius 3 is 2.55 bits per heavy atom. The fraction of sp³-hybridized carbons (Fsp3) is 0.391. The van der Waals surface area contributed by atoms with E-state index in [9.17, 15) is 14.9 Å². The summed E-state index contributed by atoms with van der Waals surface area (Å²) in [6, 6.07) is 11.1. The Kier molecular flexibility index (Phi) is 7.42. The van der Waals surface area contributed by atoms with Crippen molar-refractivity contribution in [3.63, 3.8) is 0 Å². The van der Waals surface area contributed by atoms with E-state index in [4.69, 9.17) is 0 Å². The third kappa shape index (κ3) is 5.50. The monoisotopic (exact) mass is 437 g/mol. The molecule has 1 aromatic heterocycles. The van der Waals surface area contributed by atoms with Crippen LogP contribution in [0.15, 0.2) is 35.3 Å². The first-order valence-corrected chi connectivity index (χ1v) is 11.1. The molecule has 0 atom stereocenters. The van der Waals surface area contributed by atoms with Crippen molar-refractivity contribution >= 4 is 35.2 Å². The predicted molar refractivity (Wildman–Crippen MR) is 123 cm³/mol. The molecule has 0 aliphatic carbocycles. The van der Waals surface area contributed by atoms with Gasteiger partial charge in [-0.1, -0.05) is 18.2 Å². The Bertz CT molecular complexity index is 1020. The van der Waals surface area contributed by atoms with Gasteiger partial charge in [-0.05, 0) is 37.0 Å². The van der Waals surface area contributed by atoms with E-state index in [2.05, 4.69) is 16.0 Å². The number of hydrogen-bond acceptors (Lipinski definition) is 5. The number of nitriles is 1. The fourth-order valence-electron chi connectivity index (χ4n) is 3.40. The average molecular weight is 438 g/mol. The molecule has 2 amide bonds. The molecule has 2 heterocycles. The third-order valence-corrected chi connectivity index (χ3v) is 6.27. The molecular formula is C23H27N5O2S. The molecule has 0 bridgehead atoms. The van der Waals surface area contributed by atoms with Gasteiger partial charge in [-0.25, -0.2) is 4.99 Å². The number of piperidine rings is 1. The highest BCUT2D eigenvalue weighted by molar-refractivity contribution is 7.16. The Morgan fingerprint density at radius 2 is 1.87 bits per heavy atom. The zero-order valence-electron chi connectivity index (χ0n) is 18.2. The lowest BCUT2D eigenvalue weighted by molar-refractivity contribution is 0.0790. The van der Waals surface area contributed by atoms with Crippen LogP contribution in [0.5, 0.6) is 0 Å². The molecule has 3 rings (SSSR count). The Labute approximate surface area is 187 Å². The van der Waals surface area contributed by atoms with Crippen molar-refractivity contribution in [3.05, 3.63) is 51.2 Å². The summed E-state index contributed by atoms with van der Waals surface area (Å²) in [5, 5.41) is 9.32. The summed E-state index contributed by atoms with van der Waals surface area (Å²) in [4.78, 5) is 36.4. The van der Waals surface area contributed by atoms with Gasteiger partial charge in [0.2, 0.25) is 0 Å². The van der Waals surface area contributed by atoms with Gasteiger partial charge in [-0.2, -0.15) is 5.26 Å². The van der Waals surface area contributed by atoms with Gasteiger partial charge >= 0.3 is 0 Å². The molecule has 0 radical (unpaired) electrons. The molecular weight excluding hydrogens is 410 g/mol. The molecule has 0 unspecified atom stereocenters. The summed E-state index contributed by atoms with van der Waals surface area (Å²) in [5.41, 5.74) is 1.83. The quantitative estimate of drug-likeness (QED) is 0.509. The summed E-state index contributed by atoms with van der Waals surface area (Å²) in [5.74, 6) is -0.378. The van der Waals surface area contributed by atoms with Crippen LogP contribution in [-0.4, -0.2) is 67.1 Å². The second-order valence-corrected chi connectivity index (χ2v) is 8.85. The second-order valence-electron chi connectivity index (χ2n) is 7.80. The molecule has 1 fully saturated rings. The van der Waals surface area contributed by atoms with Crippen LogP contribution in [0, 0.1) is 11.3 Å². The van der Waals surface area contributed by atoms with Crippen molar-refractivity contribution < 1.29 is 9.59 Å². The fourth-order valence-corrected chi connectivity index (χ4v) is 4.52. The molecule has 8 heteroatoms. The first-order valence-electron chi connectivity index (χ1n) is 10.3. The molecule has 162 valence electrons. The van der Waals surface area contributed by atoms with Crippen LogP contribution in [-0.2, 0) is 6.54 Å². The summed E-state index contributed by atoms with van der Waals surface area (Å²) in [6.07, 6.45) is 5.27. The van der Waals surface area contributed by atoms with E-state index in [1.807, 2.05) is 12.1 Å². The summed E-state index contributed by atoms with van der Waals surface area (Å²) < 4.78 is 0. The highest BCUT2D eigenvalue weighted by Gasteiger charge is 2.23. The number of nitrogens with zero attached hydrogens (tertiary/aromatic N) is 5. The first kappa shape index (κ1) is 22.5. The maximum atomic E-state index is 13.3. The standard InChI is InChI=1S/C23H27N5O2S/c1-26(2)22(29)20-13-19(25-16-28-11-7-4-8-12-28)21(31-20)23(30)27(3)15-18-10-6-5-9-17(18)14-24/h5-6,9-10,13,16H,4,7-8,11-12,15H2,1-3H3. The van der Waals surface area contributed by atoms with Crippen molar-refractivity contribution in [1.82, 2.24) is 14.7 Å². The number of carbonyl (C=O) groups excluding carboxylic acids is 2. The Hall–Kier alpha value is -3.18. The van der Waals surface area contributed by atoms with Crippen LogP contribution in [0.3, 0.4) is 0 Å². The van der Waals surface area contributed by atoms with Crippen LogP contribution in [0.2, 0.25) is 0 Å². The SMILES string of the molecule is CN(C)C(=O)c1cc(N=CN2CCCCC2)c(C(=O)N(C)Cc2ccccc2C#N)s1. The van der Waals surface area contributed by atoms with E-state index >= 15 is 0 Å². The van der Waals surface area contributed by atoms with E-state index in [0.29, 0.717) is 27.5 Å². The van der Waals surface area contributed by atoms with Crippen LogP contribution >= 0.6 is 11.3 Å². The lowest BCUT2D eigenvalue weighted by Gasteiger charge is -2.23. The second kappa shape index (κ2) is 10.2. The van der Waals surface area contributed by atoms with Crippen molar-refractivity contribution in [2.45, 2.75) is 25.8 Å². The Balaban J connectivity index is 1.87. The van der Waals surface area contributed by atoms with E-state index in [0.717, 1.165) is 42.8 Å². The van der Waals surface area contributed by atoms with Crippen LogP contribution < -0.4 is 0 Å². The molecule has 1 aliphatic rings. The zero-order chi connectivity index (χ0) is 22.4. The molecule has 0 spiro atoms. The maximum Gasteiger partial charge on any atom is 0.266 e. The number of aliphatic imine (C=N–C) groups is 1. The van der Waals surface area contributed by atoms with E-state index < -0.39 is 0 Å². The number of rotatable bonds is 6. The first-order chi connectivity index (χ1) is 14.9. The summed E-state index contributed by atoms with van der Waals surface area (Å²) in [7, 11) is 5.07. The normalized spacial score (nSPS) is 13.8. The number of amides is 2. The van der Waals surface area contributed by atoms with Gasteiger partial charge in [0, 0.05) is 40.8 Å². The van der Waals surface area contributed by atoms with E-state index in [1.54, 1.807) is 50.6 Å². The number of hydrogen-bond donors (Lipinski definition) is 0.